The van der Waals surface area contributed by atoms with Crippen LogP contribution in [0.15, 0.2) is 48.7 Å². The summed E-state index contributed by atoms with van der Waals surface area (Å²) in [5, 5.41) is 9.12. The molecule has 0 amide bonds. The summed E-state index contributed by atoms with van der Waals surface area (Å²) in [7, 11) is 0. The Morgan fingerprint density at radius 1 is 1.17 bits per heavy atom. The van der Waals surface area contributed by atoms with Gasteiger partial charge in [0.15, 0.2) is 0 Å². The van der Waals surface area contributed by atoms with Crippen LogP contribution in [0.1, 0.15) is 94.2 Å². The average molecular weight is 475 g/mol. The lowest BCUT2D eigenvalue weighted by Crippen LogP contribution is -2.41. The van der Waals surface area contributed by atoms with Crippen LogP contribution in [0.25, 0.3) is 0 Å². The van der Waals surface area contributed by atoms with Crippen molar-refractivity contribution in [1.29, 1.82) is 5.41 Å². The first kappa shape index (κ1) is 25.8. The molecule has 1 aromatic carbocycles. The lowest BCUT2D eigenvalue weighted by atomic mass is 9.58. The van der Waals surface area contributed by atoms with E-state index in [0.717, 1.165) is 36.2 Å². The van der Waals surface area contributed by atoms with Gasteiger partial charge < -0.3 is 5.41 Å². The highest BCUT2D eigenvalue weighted by atomic mass is 19.1. The van der Waals surface area contributed by atoms with Gasteiger partial charge >= 0.3 is 0 Å². The third-order valence-corrected chi connectivity index (χ3v) is 8.59. The van der Waals surface area contributed by atoms with Gasteiger partial charge in [-0.05, 0) is 92.0 Å². The van der Waals surface area contributed by atoms with E-state index in [2.05, 4.69) is 63.5 Å². The largest absolute Gasteiger partial charge is 0.309 e. The van der Waals surface area contributed by atoms with Gasteiger partial charge in [-0.3, -0.25) is 4.98 Å². The van der Waals surface area contributed by atoms with E-state index < -0.39 is 6.17 Å². The summed E-state index contributed by atoms with van der Waals surface area (Å²) in [5.41, 5.74) is 8.35. The number of aromatic nitrogens is 1. The second-order valence-corrected chi connectivity index (χ2v) is 12.5. The summed E-state index contributed by atoms with van der Waals surface area (Å²) in [6, 6.07) is 10.7. The molecule has 2 aliphatic rings. The number of nitrogens with one attached hydrogen (secondary N) is 1. The summed E-state index contributed by atoms with van der Waals surface area (Å²) >= 11 is 0. The fourth-order valence-electron chi connectivity index (χ4n) is 7.02. The van der Waals surface area contributed by atoms with Gasteiger partial charge in [0, 0.05) is 35.4 Å². The fourth-order valence-corrected chi connectivity index (χ4v) is 7.02. The van der Waals surface area contributed by atoms with E-state index in [4.69, 9.17) is 5.41 Å². The molecule has 0 aliphatic heterocycles. The van der Waals surface area contributed by atoms with E-state index in [1.165, 1.54) is 47.9 Å². The van der Waals surface area contributed by atoms with Crippen LogP contribution in [-0.4, -0.2) is 16.9 Å². The number of pyridine rings is 1. The van der Waals surface area contributed by atoms with Crippen molar-refractivity contribution in [2.24, 2.45) is 17.3 Å². The third kappa shape index (κ3) is 5.76. The minimum atomic E-state index is -0.874. The van der Waals surface area contributed by atoms with Crippen molar-refractivity contribution in [2.45, 2.75) is 97.6 Å². The normalized spacial score (nSPS) is 27.6. The quantitative estimate of drug-likeness (QED) is 0.420. The molecular weight excluding hydrogens is 431 g/mol. The summed E-state index contributed by atoms with van der Waals surface area (Å²) in [6.45, 7) is 15.5. The molecular formula is C32H43FN2. The number of benzene rings is 1. The molecule has 1 aromatic heterocycles. The number of hydrogen-bond acceptors (Lipinski definition) is 2. The van der Waals surface area contributed by atoms with Crippen molar-refractivity contribution < 1.29 is 4.39 Å². The molecule has 3 heteroatoms. The van der Waals surface area contributed by atoms with E-state index in [1.807, 2.05) is 12.3 Å². The van der Waals surface area contributed by atoms with Crippen LogP contribution in [0, 0.1) is 29.6 Å². The molecule has 2 saturated carbocycles. The standard InChI is InChI=1S/C32H43FN2/c1-21-17-32(6,19-29(34)30(21)26-10-8-14-31(4,5)18-26)28-11-7-9-25(23(28)3)16-24-12-13-27(35-20-24)15-22(2)33/h7,9,11-13,20,22,26,30,34H,1,8,10,14-19H2,2-6H3. The van der Waals surface area contributed by atoms with E-state index in [0.29, 0.717) is 17.8 Å². The molecule has 188 valence electrons. The number of hydrogen-bond donors (Lipinski definition) is 1. The Morgan fingerprint density at radius 2 is 1.94 bits per heavy atom. The molecule has 2 nitrogen and oxygen atoms in total. The third-order valence-electron chi connectivity index (χ3n) is 8.59. The van der Waals surface area contributed by atoms with Gasteiger partial charge in [0.05, 0.1) is 0 Å². The van der Waals surface area contributed by atoms with Crippen LogP contribution in [0.5, 0.6) is 0 Å². The Balaban J connectivity index is 1.53. The second-order valence-electron chi connectivity index (χ2n) is 12.5. The molecule has 2 aliphatic carbocycles. The maximum absolute atomic E-state index is 13.3. The SMILES string of the molecule is C=C1CC(C)(c2cccc(Cc3ccc(CC(C)F)nc3)c2C)CC(=N)C1C1CCCC(C)(C)C1. The predicted octanol–water partition coefficient (Wildman–Crippen LogP) is 8.34. The Morgan fingerprint density at radius 3 is 2.57 bits per heavy atom. The van der Waals surface area contributed by atoms with Crippen molar-refractivity contribution in [3.8, 4) is 0 Å². The van der Waals surface area contributed by atoms with Crippen LogP contribution in [0.3, 0.4) is 0 Å². The van der Waals surface area contributed by atoms with Crippen molar-refractivity contribution >= 4 is 5.71 Å². The molecule has 0 bridgehead atoms. The van der Waals surface area contributed by atoms with Gasteiger partial charge in [-0.15, -0.1) is 0 Å². The van der Waals surface area contributed by atoms with Gasteiger partial charge in [0.1, 0.15) is 6.17 Å². The zero-order valence-electron chi connectivity index (χ0n) is 22.4. The number of rotatable bonds is 6. The average Bonchev–Trinajstić information content (AvgIpc) is 2.75. The lowest BCUT2D eigenvalue weighted by Gasteiger charge is -2.46. The Bertz CT molecular complexity index is 1060. The fraction of sp³-hybridized carbons (Fsp3) is 0.562. The Kier molecular flexibility index (Phi) is 7.36. The summed E-state index contributed by atoms with van der Waals surface area (Å²) in [4.78, 5) is 4.47. The summed E-state index contributed by atoms with van der Waals surface area (Å²) < 4.78 is 13.3. The van der Waals surface area contributed by atoms with Crippen molar-refractivity contribution in [1.82, 2.24) is 4.98 Å². The molecule has 0 saturated heterocycles. The number of alkyl halides is 1. The van der Waals surface area contributed by atoms with E-state index >= 15 is 0 Å². The minimum Gasteiger partial charge on any atom is -0.309 e. The zero-order valence-corrected chi connectivity index (χ0v) is 22.4. The first-order chi connectivity index (χ1) is 16.5. The van der Waals surface area contributed by atoms with Crippen LogP contribution in [0.4, 0.5) is 4.39 Å². The van der Waals surface area contributed by atoms with E-state index in [9.17, 15) is 4.39 Å². The van der Waals surface area contributed by atoms with Gasteiger partial charge in [0.25, 0.3) is 0 Å². The first-order valence-electron chi connectivity index (χ1n) is 13.4. The van der Waals surface area contributed by atoms with Gasteiger partial charge in [-0.1, -0.05) is 63.6 Å². The highest BCUT2D eigenvalue weighted by Crippen LogP contribution is 2.50. The highest BCUT2D eigenvalue weighted by molar-refractivity contribution is 5.89. The second kappa shape index (κ2) is 9.99. The zero-order chi connectivity index (χ0) is 25.4. The molecule has 2 fully saturated rings. The number of allylic oxidation sites excluding steroid dienone is 1. The molecule has 1 N–H and O–H groups in total. The van der Waals surface area contributed by atoms with E-state index in [1.54, 1.807) is 6.92 Å². The molecule has 35 heavy (non-hydrogen) atoms. The maximum atomic E-state index is 13.3. The highest BCUT2D eigenvalue weighted by Gasteiger charge is 2.43. The number of nitrogens with zero attached hydrogens (tertiary/aromatic N) is 1. The summed E-state index contributed by atoms with van der Waals surface area (Å²) in [5.74, 6) is 0.828. The molecule has 4 atom stereocenters. The minimum absolute atomic E-state index is 0.0890. The van der Waals surface area contributed by atoms with Crippen molar-refractivity contribution in [3.63, 3.8) is 0 Å². The van der Waals surface area contributed by atoms with Crippen LogP contribution < -0.4 is 0 Å². The monoisotopic (exact) mass is 474 g/mol. The van der Waals surface area contributed by atoms with Gasteiger partial charge in [0.2, 0.25) is 0 Å². The topological polar surface area (TPSA) is 36.7 Å². The molecule has 0 radical (unpaired) electrons. The Hall–Kier alpha value is -2.29. The molecule has 2 aromatic rings. The van der Waals surface area contributed by atoms with Crippen LogP contribution >= 0.6 is 0 Å². The molecule has 0 spiro atoms. The van der Waals surface area contributed by atoms with Crippen LogP contribution in [0.2, 0.25) is 0 Å². The Labute approximate surface area is 212 Å². The molecule has 4 unspecified atom stereocenters. The summed E-state index contributed by atoms with van der Waals surface area (Å²) in [6.07, 6.45) is 8.98. The predicted molar refractivity (Wildman–Crippen MR) is 145 cm³/mol. The lowest BCUT2D eigenvalue weighted by molar-refractivity contribution is 0.158. The van der Waals surface area contributed by atoms with Crippen molar-refractivity contribution in [3.05, 3.63) is 76.6 Å². The first-order valence-corrected chi connectivity index (χ1v) is 13.4. The van der Waals surface area contributed by atoms with Gasteiger partial charge in [-0.25, -0.2) is 4.39 Å². The molecule has 4 rings (SSSR count). The van der Waals surface area contributed by atoms with Crippen LogP contribution in [-0.2, 0) is 18.3 Å². The van der Waals surface area contributed by atoms with Gasteiger partial charge in [-0.2, -0.15) is 0 Å². The molecule has 1 heterocycles. The number of halogens is 1. The maximum Gasteiger partial charge on any atom is 0.103 e. The van der Waals surface area contributed by atoms with Crippen molar-refractivity contribution in [2.75, 3.05) is 0 Å². The van der Waals surface area contributed by atoms with E-state index in [-0.39, 0.29) is 11.3 Å². The smallest absolute Gasteiger partial charge is 0.103 e.